The van der Waals surface area contributed by atoms with Gasteiger partial charge in [0.2, 0.25) is 0 Å². The lowest BCUT2D eigenvalue weighted by Crippen LogP contribution is -2.15. The second-order valence-electron chi connectivity index (χ2n) is 13.6. The van der Waals surface area contributed by atoms with Crippen LogP contribution in [0.3, 0.4) is 0 Å². The first kappa shape index (κ1) is 44.9. The largest absolute Gasteiger partial charge is 0.464 e. The second kappa shape index (κ2) is 19.1. The standard InChI is InChI=1S/C20H23N5O4.C13H14IN3O3.C7H10N2O/c1-12-6-15(23(2)9-12)18(26)21-13-7-16(24(3)10-13)19(27)22-14-8-17(20(28)29-5)25(4)11-14;1-16-6-8(14)4-10(16)12(18)15-9-5-11(13(19)20-3)17(2)7-9;1-5-3-6(7(8)10)9(2)4-5/h6-11H,1-5H3,(H,21,26)(H,22,27);4-7H,1-3H3,(H,15,18);3-4H,1-2H3,(H2,8,10). The van der Waals surface area contributed by atoms with Crippen LogP contribution in [0.2, 0.25) is 0 Å². The van der Waals surface area contributed by atoms with E-state index < -0.39 is 11.9 Å². The molecule has 4 amide bonds. The van der Waals surface area contributed by atoms with Gasteiger partial charge in [-0.2, -0.15) is 0 Å². The van der Waals surface area contributed by atoms with E-state index in [9.17, 15) is 28.8 Å². The van der Waals surface area contributed by atoms with Gasteiger partial charge in [-0.3, -0.25) is 19.2 Å². The minimum Gasteiger partial charge on any atom is -0.464 e. The average molecular weight is 923 g/mol. The SMILES string of the molecule is COC(=O)c1cc(NC(=O)c2cc(I)cn2C)cn1C.COC(=O)c1cc(NC(=O)c2cc(NC(=O)c3cc(C)cn3C)cn2C)cn1C.Cc1cc(C(N)=O)n(C)c1. The van der Waals surface area contributed by atoms with Gasteiger partial charge < -0.3 is 58.6 Å². The molecule has 0 spiro atoms. The molecule has 6 rings (SSSR count). The van der Waals surface area contributed by atoms with Gasteiger partial charge in [0, 0.05) is 83.0 Å². The molecule has 0 radical (unpaired) electrons. The lowest BCUT2D eigenvalue weighted by atomic mass is 10.3. The van der Waals surface area contributed by atoms with Crippen molar-refractivity contribution in [2.45, 2.75) is 13.8 Å². The van der Waals surface area contributed by atoms with Crippen LogP contribution in [-0.4, -0.2) is 77.2 Å². The van der Waals surface area contributed by atoms with Crippen molar-refractivity contribution in [3.05, 3.63) is 122 Å². The van der Waals surface area contributed by atoms with E-state index in [0.29, 0.717) is 51.2 Å². The van der Waals surface area contributed by atoms with Gasteiger partial charge in [0.15, 0.2) is 0 Å². The number of carbonyl (C=O) groups is 6. The second-order valence-corrected chi connectivity index (χ2v) is 14.8. The number of primary amides is 1. The molecule has 59 heavy (non-hydrogen) atoms. The molecule has 0 bridgehead atoms. The fraction of sp³-hybridized carbons (Fsp3) is 0.250. The lowest BCUT2D eigenvalue weighted by molar-refractivity contribution is 0.0581. The van der Waals surface area contributed by atoms with Crippen molar-refractivity contribution in [2.75, 3.05) is 30.2 Å². The Kier molecular flexibility index (Phi) is 14.6. The summed E-state index contributed by atoms with van der Waals surface area (Å²) in [5.74, 6) is -2.17. The summed E-state index contributed by atoms with van der Waals surface area (Å²) >= 11 is 2.15. The molecule has 5 N–H and O–H groups in total. The number of nitrogens with two attached hydrogens (primary N) is 1. The van der Waals surface area contributed by atoms with E-state index in [1.165, 1.54) is 20.3 Å². The first-order valence-corrected chi connectivity index (χ1v) is 18.8. The molecule has 19 heteroatoms. The zero-order valence-electron chi connectivity index (χ0n) is 34.3. The Morgan fingerprint density at radius 1 is 0.475 bits per heavy atom. The Morgan fingerprint density at radius 3 is 1.08 bits per heavy atom. The van der Waals surface area contributed by atoms with Crippen molar-refractivity contribution < 1.29 is 38.2 Å². The number of rotatable bonds is 9. The number of esters is 2. The molecule has 0 aliphatic carbocycles. The summed E-state index contributed by atoms with van der Waals surface area (Å²) in [6.45, 7) is 3.84. The number of halogens is 1. The summed E-state index contributed by atoms with van der Waals surface area (Å²) < 4.78 is 20.4. The van der Waals surface area contributed by atoms with Gasteiger partial charge in [-0.1, -0.05) is 0 Å². The van der Waals surface area contributed by atoms with Gasteiger partial charge in [0.25, 0.3) is 23.6 Å². The highest BCUT2D eigenvalue weighted by Gasteiger charge is 2.19. The molecule has 0 unspecified atom stereocenters. The van der Waals surface area contributed by atoms with E-state index >= 15 is 0 Å². The molecule has 0 atom stereocenters. The van der Waals surface area contributed by atoms with Crippen molar-refractivity contribution >= 4 is 75.2 Å². The number of nitrogens with one attached hydrogen (secondary N) is 3. The number of anilines is 3. The van der Waals surface area contributed by atoms with Crippen molar-refractivity contribution in [1.82, 2.24) is 27.4 Å². The van der Waals surface area contributed by atoms with Crippen molar-refractivity contribution in [3.63, 3.8) is 0 Å². The topological polar surface area (TPSA) is 213 Å². The van der Waals surface area contributed by atoms with Crippen molar-refractivity contribution in [2.24, 2.45) is 48.0 Å². The third-order valence-corrected chi connectivity index (χ3v) is 9.37. The number of aryl methyl sites for hydroxylation is 8. The van der Waals surface area contributed by atoms with Gasteiger partial charge >= 0.3 is 11.9 Å². The van der Waals surface area contributed by atoms with E-state index in [1.54, 1.807) is 112 Å². The van der Waals surface area contributed by atoms with Crippen LogP contribution in [0.25, 0.3) is 0 Å². The molecular weight excluding hydrogens is 875 g/mol. The van der Waals surface area contributed by atoms with Crippen LogP contribution in [0.1, 0.15) is 74.1 Å². The van der Waals surface area contributed by atoms with Gasteiger partial charge in [-0.15, -0.1) is 0 Å². The maximum atomic E-state index is 12.6. The van der Waals surface area contributed by atoms with E-state index in [4.69, 9.17) is 10.5 Å². The number of hydrogen-bond acceptors (Lipinski definition) is 8. The first-order valence-electron chi connectivity index (χ1n) is 17.7. The summed E-state index contributed by atoms with van der Waals surface area (Å²) in [5.41, 5.74) is 11.3. The molecule has 0 fully saturated rings. The molecule has 18 nitrogen and oxygen atoms in total. The third-order valence-electron chi connectivity index (χ3n) is 8.78. The fourth-order valence-electron chi connectivity index (χ4n) is 6.00. The summed E-state index contributed by atoms with van der Waals surface area (Å²) in [6, 6.07) is 10.1. The summed E-state index contributed by atoms with van der Waals surface area (Å²) in [6.07, 6.45) is 10.5. The van der Waals surface area contributed by atoms with Crippen molar-refractivity contribution in [3.8, 4) is 0 Å². The predicted molar refractivity (Wildman–Crippen MR) is 230 cm³/mol. The van der Waals surface area contributed by atoms with Gasteiger partial charge in [-0.25, -0.2) is 9.59 Å². The molecule has 0 aliphatic heterocycles. The Balaban J connectivity index is 0.000000220. The van der Waals surface area contributed by atoms with Crippen LogP contribution in [-0.2, 0) is 51.8 Å². The number of aromatic nitrogens is 6. The lowest BCUT2D eigenvalue weighted by Gasteiger charge is -2.03. The minimum absolute atomic E-state index is 0.225. The Bertz CT molecular complexity index is 2540. The number of amides is 4. The number of methoxy groups -OCH3 is 2. The molecule has 0 saturated heterocycles. The zero-order chi connectivity index (χ0) is 43.9. The first-order chi connectivity index (χ1) is 27.7. The highest BCUT2D eigenvalue weighted by molar-refractivity contribution is 14.1. The van der Waals surface area contributed by atoms with Gasteiger partial charge in [-0.05, 0) is 84.0 Å². The maximum Gasteiger partial charge on any atom is 0.354 e. The monoisotopic (exact) mass is 922 g/mol. The third kappa shape index (κ3) is 11.2. The number of hydrogen-bond donors (Lipinski definition) is 4. The smallest absolute Gasteiger partial charge is 0.354 e. The summed E-state index contributed by atoms with van der Waals surface area (Å²) in [4.78, 5) is 71.1. The normalized spacial score (nSPS) is 10.4. The average Bonchev–Trinajstić information content (AvgIpc) is 4.02. The fourth-order valence-corrected chi connectivity index (χ4v) is 6.72. The molecule has 0 aliphatic rings. The molecule has 312 valence electrons. The number of nitrogens with zero attached hydrogens (tertiary/aromatic N) is 6. The molecule has 6 heterocycles. The zero-order valence-corrected chi connectivity index (χ0v) is 36.5. The molecule has 6 aromatic heterocycles. The predicted octanol–water partition coefficient (Wildman–Crippen LogP) is 4.74. The van der Waals surface area contributed by atoms with Crippen LogP contribution in [0.5, 0.6) is 0 Å². The summed E-state index contributed by atoms with van der Waals surface area (Å²) in [5, 5.41) is 8.31. The van der Waals surface area contributed by atoms with E-state index in [2.05, 4.69) is 43.3 Å². The quantitative estimate of drug-likeness (QED) is 0.117. The van der Waals surface area contributed by atoms with E-state index in [0.717, 1.165) is 14.7 Å². The minimum atomic E-state index is -0.493. The van der Waals surface area contributed by atoms with Crippen LogP contribution < -0.4 is 21.7 Å². The number of carbonyl (C=O) groups excluding carboxylic acids is 6. The molecule has 0 aromatic carbocycles. The highest BCUT2D eigenvalue weighted by atomic mass is 127. The molecule has 6 aromatic rings. The van der Waals surface area contributed by atoms with Gasteiger partial charge in [0.05, 0.1) is 31.3 Å². The van der Waals surface area contributed by atoms with Crippen LogP contribution in [0, 0.1) is 17.4 Å². The number of ether oxygens (including phenoxy) is 2. The van der Waals surface area contributed by atoms with E-state index in [-0.39, 0.29) is 23.6 Å². The van der Waals surface area contributed by atoms with Crippen LogP contribution in [0.15, 0.2) is 73.6 Å². The Labute approximate surface area is 354 Å². The van der Waals surface area contributed by atoms with Crippen LogP contribution in [0.4, 0.5) is 17.1 Å². The van der Waals surface area contributed by atoms with E-state index in [1.807, 2.05) is 39.5 Å². The Morgan fingerprint density at radius 2 is 0.780 bits per heavy atom. The molecule has 0 saturated carbocycles. The van der Waals surface area contributed by atoms with Gasteiger partial charge in [0.1, 0.15) is 34.2 Å². The van der Waals surface area contributed by atoms with Crippen LogP contribution >= 0.6 is 22.6 Å². The Hall–Kier alpha value is -6.77. The maximum absolute atomic E-state index is 12.6. The highest BCUT2D eigenvalue weighted by Crippen LogP contribution is 2.20. The van der Waals surface area contributed by atoms with Crippen molar-refractivity contribution in [1.29, 1.82) is 0 Å². The molecular formula is C40H47IN10O8. The summed E-state index contributed by atoms with van der Waals surface area (Å²) in [7, 11) is 13.1.